The lowest BCUT2D eigenvalue weighted by molar-refractivity contribution is 0.0253. The molecule has 20 heavy (non-hydrogen) atoms. The topological polar surface area (TPSA) is 12.0 Å². The zero-order chi connectivity index (χ0) is 14.2. The van der Waals surface area contributed by atoms with E-state index in [2.05, 4.69) is 68.7 Å². The van der Waals surface area contributed by atoms with Crippen molar-refractivity contribution in [3.8, 4) is 0 Å². The monoisotopic (exact) mass is 267 g/mol. The van der Waals surface area contributed by atoms with Crippen molar-refractivity contribution in [2.75, 3.05) is 7.05 Å². The van der Waals surface area contributed by atoms with Crippen molar-refractivity contribution in [3.63, 3.8) is 0 Å². The highest BCUT2D eigenvalue weighted by atomic mass is 14.9. The lowest BCUT2D eigenvalue weighted by atomic mass is 9.51. The van der Waals surface area contributed by atoms with Gasteiger partial charge in [-0.2, -0.15) is 0 Å². The number of benzene rings is 2. The van der Waals surface area contributed by atoms with Crippen molar-refractivity contribution in [1.82, 2.24) is 5.32 Å². The molecule has 1 aliphatic rings. The third-order valence-electron chi connectivity index (χ3n) is 5.72. The first-order valence-electron chi connectivity index (χ1n) is 7.91. The molecule has 1 aliphatic carbocycles. The molecule has 1 heteroatoms. The van der Waals surface area contributed by atoms with Gasteiger partial charge in [-0.25, -0.2) is 0 Å². The van der Waals surface area contributed by atoms with Crippen molar-refractivity contribution in [2.24, 2.45) is 5.41 Å². The first-order valence-corrected chi connectivity index (χ1v) is 7.91. The van der Waals surface area contributed by atoms with Gasteiger partial charge in [0, 0.05) is 6.04 Å². The molecule has 2 aromatic carbocycles. The Morgan fingerprint density at radius 2 is 1.75 bits per heavy atom. The maximum Gasteiger partial charge on any atom is 0.0132 e. The second kappa shape index (κ2) is 5.21. The third kappa shape index (κ3) is 1.80. The Kier molecular flexibility index (Phi) is 3.55. The summed E-state index contributed by atoms with van der Waals surface area (Å²) in [5.74, 6) is 0.695. The van der Waals surface area contributed by atoms with Crippen LogP contribution in [0.2, 0.25) is 0 Å². The van der Waals surface area contributed by atoms with Crippen LogP contribution in [0.1, 0.15) is 44.6 Å². The highest BCUT2D eigenvalue weighted by Gasteiger charge is 2.52. The van der Waals surface area contributed by atoms with E-state index in [1.807, 2.05) is 0 Å². The molecule has 3 rings (SSSR count). The highest BCUT2D eigenvalue weighted by Crippen LogP contribution is 2.58. The Balaban J connectivity index is 2.08. The van der Waals surface area contributed by atoms with Crippen LogP contribution >= 0.6 is 0 Å². The average Bonchev–Trinajstić information content (AvgIpc) is 2.48. The molecule has 0 aliphatic heterocycles. The fourth-order valence-electron chi connectivity index (χ4n) is 4.42. The van der Waals surface area contributed by atoms with Crippen molar-refractivity contribution in [3.05, 3.63) is 48.0 Å². The predicted octanol–water partition coefficient (Wildman–Crippen LogP) is 4.72. The molecule has 0 saturated heterocycles. The fourth-order valence-corrected chi connectivity index (χ4v) is 4.42. The van der Waals surface area contributed by atoms with Crippen molar-refractivity contribution in [1.29, 1.82) is 0 Å². The summed E-state index contributed by atoms with van der Waals surface area (Å²) in [6, 6.07) is 16.3. The molecule has 0 amide bonds. The van der Waals surface area contributed by atoms with E-state index < -0.39 is 0 Å². The van der Waals surface area contributed by atoms with E-state index in [0.717, 1.165) is 0 Å². The van der Waals surface area contributed by atoms with E-state index in [9.17, 15) is 0 Å². The van der Waals surface area contributed by atoms with Crippen molar-refractivity contribution >= 4 is 10.8 Å². The lowest BCUT2D eigenvalue weighted by Crippen LogP contribution is -2.57. The molecule has 1 fully saturated rings. The van der Waals surface area contributed by atoms with Crippen molar-refractivity contribution < 1.29 is 0 Å². The molecular weight excluding hydrogens is 242 g/mol. The van der Waals surface area contributed by atoms with Gasteiger partial charge >= 0.3 is 0 Å². The summed E-state index contributed by atoms with van der Waals surface area (Å²) in [4.78, 5) is 0. The molecule has 2 unspecified atom stereocenters. The molecule has 0 radical (unpaired) electrons. The van der Waals surface area contributed by atoms with Crippen LogP contribution in [0.4, 0.5) is 0 Å². The normalized spacial score (nSPS) is 24.6. The number of nitrogens with one attached hydrogen (secondary N) is 1. The third-order valence-corrected chi connectivity index (χ3v) is 5.72. The van der Waals surface area contributed by atoms with Crippen LogP contribution in [0.5, 0.6) is 0 Å². The molecule has 1 saturated carbocycles. The Morgan fingerprint density at radius 1 is 1.05 bits per heavy atom. The maximum absolute atomic E-state index is 3.54. The smallest absolute Gasteiger partial charge is 0.0132 e. The molecular formula is C19H25N. The minimum Gasteiger partial charge on any atom is -0.316 e. The highest BCUT2D eigenvalue weighted by molar-refractivity contribution is 5.86. The van der Waals surface area contributed by atoms with Crippen molar-refractivity contribution in [2.45, 2.75) is 45.1 Å². The molecule has 0 bridgehead atoms. The van der Waals surface area contributed by atoms with E-state index >= 15 is 0 Å². The molecule has 2 aromatic rings. The Hall–Kier alpha value is -1.34. The van der Waals surface area contributed by atoms with Gasteiger partial charge in [0.25, 0.3) is 0 Å². The predicted molar refractivity (Wildman–Crippen MR) is 87.2 cm³/mol. The van der Waals surface area contributed by atoms with Gasteiger partial charge in [0.15, 0.2) is 0 Å². The number of fused-ring (bicyclic) bond motifs is 1. The Labute approximate surface area is 122 Å². The lowest BCUT2D eigenvalue weighted by Gasteiger charge is -2.56. The second-order valence-corrected chi connectivity index (χ2v) is 6.14. The van der Waals surface area contributed by atoms with E-state index in [4.69, 9.17) is 0 Å². The molecule has 1 N–H and O–H groups in total. The number of rotatable bonds is 4. The largest absolute Gasteiger partial charge is 0.316 e. The number of hydrogen-bond donors (Lipinski definition) is 1. The first-order chi connectivity index (χ1) is 9.76. The van der Waals surface area contributed by atoms with Crippen LogP contribution in [0.3, 0.4) is 0 Å². The quantitative estimate of drug-likeness (QED) is 0.845. The van der Waals surface area contributed by atoms with Gasteiger partial charge in [0.1, 0.15) is 0 Å². The van der Waals surface area contributed by atoms with Gasteiger partial charge in [0.05, 0.1) is 0 Å². The van der Waals surface area contributed by atoms with E-state index in [0.29, 0.717) is 17.4 Å². The summed E-state index contributed by atoms with van der Waals surface area (Å²) in [6.45, 7) is 4.70. The summed E-state index contributed by atoms with van der Waals surface area (Å²) in [5, 5.41) is 6.36. The van der Waals surface area contributed by atoms with Gasteiger partial charge in [-0.05, 0) is 54.0 Å². The zero-order valence-electron chi connectivity index (χ0n) is 12.8. The van der Waals surface area contributed by atoms with E-state index in [1.54, 1.807) is 5.56 Å². The molecule has 0 spiro atoms. The van der Waals surface area contributed by atoms with Crippen LogP contribution in [0.15, 0.2) is 42.5 Å². The molecule has 0 heterocycles. The van der Waals surface area contributed by atoms with E-state index in [1.165, 1.54) is 30.0 Å². The molecule has 1 nitrogen and oxygen atoms in total. The maximum atomic E-state index is 3.54. The molecule has 0 aromatic heterocycles. The van der Waals surface area contributed by atoms with Crippen LogP contribution < -0.4 is 5.32 Å². The summed E-state index contributed by atoms with van der Waals surface area (Å²) in [7, 11) is 2.12. The fraction of sp³-hybridized carbons (Fsp3) is 0.474. The summed E-state index contributed by atoms with van der Waals surface area (Å²) >= 11 is 0. The van der Waals surface area contributed by atoms with Crippen LogP contribution in [-0.4, -0.2) is 13.1 Å². The minimum absolute atomic E-state index is 0.429. The van der Waals surface area contributed by atoms with Gasteiger partial charge in [-0.1, -0.05) is 56.3 Å². The van der Waals surface area contributed by atoms with Crippen LogP contribution in [0, 0.1) is 5.41 Å². The van der Waals surface area contributed by atoms with Crippen LogP contribution in [-0.2, 0) is 0 Å². The van der Waals surface area contributed by atoms with Gasteiger partial charge in [0.2, 0.25) is 0 Å². The van der Waals surface area contributed by atoms with Gasteiger partial charge in [-0.15, -0.1) is 0 Å². The van der Waals surface area contributed by atoms with E-state index in [-0.39, 0.29) is 0 Å². The molecule has 106 valence electrons. The van der Waals surface area contributed by atoms with Gasteiger partial charge < -0.3 is 5.32 Å². The summed E-state index contributed by atoms with van der Waals surface area (Å²) < 4.78 is 0. The minimum atomic E-state index is 0.429. The zero-order valence-corrected chi connectivity index (χ0v) is 12.8. The SMILES string of the molecule is CCC1(CC)C(NC)CC1c1cccc2ccccc12. The first kappa shape index (κ1) is 13.6. The molecule has 2 atom stereocenters. The summed E-state index contributed by atoms with van der Waals surface area (Å²) in [6.07, 6.45) is 3.78. The standard InChI is InChI=1S/C19H25N/c1-4-19(5-2)17(13-18(19)20-3)16-12-8-10-14-9-6-7-11-15(14)16/h6-12,17-18,20H,4-5,13H2,1-3H3. The Bertz CT molecular complexity index is 592. The summed E-state index contributed by atoms with van der Waals surface area (Å²) in [5.41, 5.74) is 1.98. The average molecular weight is 267 g/mol. The second-order valence-electron chi connectivity index (χ2n) is 6.14. The van der Waals surface area contributed by atoms with Crippen LogP contribution in [0.25, 0.3) is 10.8 Å². The van der Waals surface area contributed by atoms with Gasteiger partial charge in [-0.3, -0.25) is 0 Å². The Morgan fingerprint density at radius 3 is 2.45 bits per heavy atom. The number of hydrogen-bond acceptors (Lipinski definition) is 1.